The Hall–Kier alpha value is -3.55. The van der Waals surface area contributed by atoms with Crippen molar-refractivity contribution in [1.29, 1.82) is 0 Å². The van der Waals surface area contributed by atoms with Gasteiger partial charge in [-0.25, -0.2) is 4.98 Å². The van der Waals surface area contributed by atoms with Crippen LogP contribution < -0.4 is 14.8 Å². The summed E-state index contributed by atoms with van der Waals surface area (Å²) in [4.78, 5) is 20.4. The summed E-state index contributed by atoms with van der Waals surface area (Å²) in [6.45, 7) is 2.02. The van der Waals surface area contributed by atoms with E-state index >= 15 is 0 Å². The average Bonchev–Trinajstić information content (AvgIpc) is 2.70. The Morgan fingerprint density at radius 1 is 1.14 bits per heavy atom. The van der Waals surface area contributed by atoms with Crippen LogP contribution in [0.4, 0.5) is 5.69 Å². The topological polar surface area (TPSA) is 114 Å². The number of nitrogens with one attached hydrogen (secondary N) is 1. The van der Waals surface area contributed by atoms with Gasteiger partial charge < -0.3 is 25.0 Å². The fraction of sp³-hybridized carbons (Fsp3) is 0.250. The molecule has 0 radical (unpaired) electrons. The fourth-order valence-electron chi connectivity index (χ4n) is 3.07. The molecule has 3 rings (SSSR count). The van der Waals surface area contributed by atoms with Crippen molar-refractivity contribution in [1.82, 2.24) is 9.97 Å². The van der Waals surface area contributed by atoms with Crippen LogP contribution in [-0.4, -0.2) is 40.3 Å². The first kappa shape index (κ1) is 19.2. The lowest BCUT2D eigenvalue weighted by Gasteiger charge is -2.18. The number of hydrogen-bond acceptors (Lipinski definition) is 7. The molecule has 3 N–H and O–H groups in total. The molecule has 0 unspecified atom stereocenters. The Kier molecular flexibility index (Phi) is 5.49. The van der Waals surface area contributed by atoms with Crippen molar-refractivity contribution in [3.05, 3.63) is 41.7 Å². The highest BCUT2D eigenvalue weighted by atomic mass is 16.5. The molecule has 8 nitrogen and oxygen atoms in total. The van der Waals surface area contributed by atoms with E-state index in [4.69, 9.17) is 9.47 Å². The van der Waals surface area contributed by atoms with Crippen LogP contribution in [0.25, 0.3) is 10.9 Å². The predicted octanol–water partition coefficient (Wildman–Crippen LogP) is 3.26. The number of anilines is 1. The van der Waals surface area contributed by atoms with Crippen LogP contribution in [0.5, 0.6) is 23.1 Å². The van der Waals surface area contributed by atoms with Crippen LogP contribution >= 0.6 is 0 Å². The highest BCUT2D eigenvalue weighted by Crippen LogP contribution is 2.47. The number of aryl methyl sites for hydroxylation is 1. The van der Waals surface area contributed by atoms with Gasteiger partial charge in [0.15, 0.2) is 17.2 Å². The van der Waals surface area contributed by atoms with E-state index in [1.807, 2.05) is 6.92 Å². The summed E-state index contributed by atoms with van der Waals surface area (Å²) < 4.78 is 11.0. The van der Waals surface area contributed by atoms with Crippen LogP contribution in [0.2, 0.25) is 0 Å². The van der Waals surface area contributed by atoms with Gasteiger partial charge in [0.25, 0.3) is 5.91 Å². The van der Waals surface area contributed by atoms with Crippen molar-refractivity contribution >= 4 is 22.5 Å². The Morgan fingerprint density at radius 3 is 2.43 bits per heavy atom. The number of pyridine rings is 2. The fourth-order valence-corrected chi connectivity index (χ4v) is 3.07. The molecule has 146 valence electrons. The van der Waals surface area contributed by atoms with Crippen LogP contribution in [0, 0.1) is 0 Å². The van der Waals surface area contributed by atoms with E-state index in [0.717, 1.165) is 12.0 Å². The molecule has 1 amide bonds. The minimum absolute atomic E-state index is 0.210. The zero-order valence-corrected chi connectivity index (χ0v) is 15.8. The van der Waals surface area contributed by atoms with Gasteiger partial charge in [0.2, 0.25) is 5.88 Å². The molecule has 0 aliphatic rings. The number of hydrogen-bond donors (Lipinski definition) is 3. The SMILES string of the molecule is CCCc1cc2nc(O)c(NC(=O)c3ccncc3)c(O)c2c(OC)c1OC. The summed E-state index contributed by atoms with van der Waals surface area (Å²) >= 11 is 0. The maximum absolute atomic E-state index is 12.4. The smallest absolute Gasteiger partial charge is 0.256 e. The van der Waals surface area contributed by atoms with Gasteiger partial charge in [0.1, 0.15) is 5.69 Å². The van der Waals surface area contributed by atoms with E-state index in [9.17, 15) is 15.0 Å². The minimum atomic E-state index is -0.525. The lowest BCUT2D eigenvalue weighted by molar-refractivity contribution is 0.102. The number of aromatic nitrogens is 2. The van der Waals surface area contributed by atoms with Crippen molar-refractivity contribution in [2.24, 2.45) is 0 Å². The average molecular weight is 383 g/mol. The maximum atomic E-state index is 12.4. The second kappa shape index (κ2) is 7.99. The van der Waals surface area contributed by atoms with Gasteiger partial charge in [-0.05, 0) is 24.6 Å². The van der Waals surface area contributed by atoms with E-state index in [1.165, 1.54) is 38.7 Å². The lowest BCUT2D eigenvalue weighted by Crippen LogP contribution is -2.12. The molecule has 0 spiro atoms. The third-order valence-electron chi connectivity index (χ3n) is 4.32. The first-order valence-electron chi connectivity index (χ1n) is 8.72. The largest absolute Gasteiger partial charge is 0.505 e. The van der Waals surface area contributed by atoms with Crippen LogP contribution in [0.3, 0.4) is 0 Å². The zero-order chi connectivity index (χ0) is 20.3. The highest BCUT2D eigenvalue weighted by Gasteiger charge is 2.24. The number of methoxy groups -OCH3 is 2. The summed E-state index contributed by atoms with van der Waals surface area (Å²) in [5, 5.41) is 23.9. The molecule has 0 aliphatic heterocycles. The number of fused-ring (bicyclic) bond motifs is 1. The molecule has 1 aromatic carbocycles. The molecule has 0 saturated carbocycles. The van der Waals surface area contributed by atoms with Gasteiger partial charge in [-0.3, -0.25) is 9.78 Å². The van der Waals surface area contributed by atoms with Crippen LogP contribution in [0.1, 0.15) is 29.3 Å². The number of amides is 1. The second-order valence-corrected chi connectivity index (χ2v) is 6.10. The van der Waals surface area contributed by atoms with E-state index in [0.29, 0.717) is 23.3 Å². The molecule has 0 fully saturated rings. The second-order valence-electron chi connectivity index (χ2n) is 6.10. The quantitative estimate of drug-likeness (QED) is 0.598. The first-order chi connectivity index (χ1) is 13.5. The van der Waals surface area contributed by atoms with Gasteiger partial charge in [-0.15, -0.1) is 0 Å². The van der Waals surface area contributed by atoms with Crippen molar-refractivity contribution in [3.8, 4) is 23.1 Å². The monoisotopic (exact) mass is 383 g/mol. The van der Waals surface area contributed by atoms with Gasteiger partial charge in [0.05, 0.1) is 25.1 Å². The summed E-state index contributed by atoms with van der Waals surface area (Å²) in [6.07, 6.45) is 4.51. The number of nitrogens with zero attached hydrogens (tertiary/aromatic N) is 2. The summed E-state index contributed by atoms with van der Waals surface area (Å²) in [6, 6.07) is 4.76. The molecule has 3 aromatic rings. The molecule has 0 aliphatic carbocycles. The van der Waals surface area contributed by atoms with E-state index < -0.39 is 11.8 Å². The number of ether oxygens (including phenoxy) is 2. The molecular weight excluding hydrogens is 362 g/mol. The molecule has 2 heterocycles. The number of carbonyl (C=O) groups excluding carboxylic acids is 1. The highest BCUT2D eigenvalue weighted by molar-refractivity contribution is 6.08. The lowest BCUT2D eigenvalue weighted by atomic mass is 10.0. The molecule has 8 heteroatoms. The van der Waals surface area contributed by atoms with Crippen LogP contribution in [0.15, 0.2) is 30.6 Å². The van der Waals surface area contributed by atoms with Crippen LogP contribution in [-0.2, 0) is 6.42 Å². The minimum Gasteiger partial charge on any atom is -0.505 e. The van der Waals surface area contributed by atoms with E-state index in [1.54, 1.807) is 6.07 Å². The predicted molar refractivity (Wildman–Crippen MR) is 104 cm³/mol. The summed E-state index contributed by atoms with van der Waals surface area (Å²) in [5.74, 6) is -0.619. The molecule has 2 aromatic heterocycles. The maximum Gasteiger partial charge on any atom is 0.256 e. The number of rotatable bonds is 6. The summed E-state index contributed by atoms with van der Waals surface area (Å²) in [5.41, 5.74) is 1.28. The normalized spacial score (nSPS) is 10.7. The zero-order valence-electron chi connectivity index (χ0n) is 15.8. The summed E-state index contributed by atoms with van der Waals surface area (Å²) in [7, 11) is 2.97. The van der Waals surface area contributed by atoms with Gasteiger partial charge in [0, 0.05) is 23.5 Å². The van der Waals surface area contributed by atoms with Gasteiger partial charge in [-0.2, -0.15) is 0 Å². The Balaban J connectivity index is 2.18. The number of aromatic hydroxyl groups is 2. The third-order valence-corrected chi connectivity index (χ3v) is 4.32. The van der Waals surface area contributed by atoms with Crippen molar-refractivity contribution in [2.45, 2.75) is 19.8 Å². The number of benzene rings is 1. The molecule has 0 bridgehead atoms. The van der Waals surface area contributed by atoms with Gasteiger partial charge >= 0.3 is 0 Å². The van der Waals surface area contributed by atoms with Crippen molar-refractivity contribution in [2.75, 3.05) is 19.5 Å². The Labute approximate surface area is 161 Å². The van der Waals surface area contributed by atoms with Gasteiger partial charge in [-0.1, -0.05) is 13.3 Å². The molecule has 28 heavy (non-hydrogen) atoms. The molecule has 0 saturated heterocycles. The number of carbonyl (C=O) groups is 1. The van der Waals surface area contributed by atoms with Crippen molar-refractivity contribution < 1.29 is 24.5 Å². The third kappa shape index (κ3) is 3.36. The molecular formula is C20H21N3O5. The Morgan fingerprint density at radius 2 is 1.82 bits per heavy atom. The van der Waals surface area contributed by atoms with Crippen molar-refractivity contribution in [3.63, 3.8) is 0 Å². The van der Waals surface area contributed by atoms with E-state index in [-0.39, 0.29) is 22.6 Å². The standard InChI is InChI=1S/C20H21N3O5/c1-4-5-12-10-13-14(18(28-3)17(12)27-2)16(24)15(20(26)22-13)23-19(25)11-6-8-21-9-7-11/h6-10H,4-5H2,1-3H3,(H,23,25)(H2,22,24,26). The Bertz CT molecular complexity index is 1020. The molecule has 0 atom stereocenters. The first-order valence-corrected chi connectivity index (χ1v) is 8.72. The van der Waals surface area contributed by atoms with E-state index in [2.05, 4.69) is 15.3 Å².